The number of fused-ring (bicyclic) bond motifs is 1. The first-order chi connectivity index (χ1) is 7.42. The highest BCUT2D eigenvalue weighted by Crippen LogP contribution is 2.22. The summed E-state index contributed by atoms with van der Waals surface area (Å²) in [5, 5.41) is 0. The topological polar surface area (TPSA) is 19.6 Å². The molecule has 1 atom stereocenters. The van der Waals surface area contributed by atoms with E-state index in [0.717, 1.165) is 18.3 Å². The van der Waals surface area contributed by atoms with Crippen LogP contribution in [-0.2, 0) is 6.54 Å². The van der Waals surface area contributed by atoms with Gasteiger partial charge in [0.2, 0.25) is 0 Å². The number of furan rings is 1. The summed E-state index contributed by atoms with van der Waals surface area (Å²) in [6.07, 6.45) is 4.54. The number of piperazine rings is 1. The molecule has 0 aliphatic carbocycles. The summed E-state index contributed by atoms with van der Waals surface area (Å²) in [4.78, 5) is 5.16. The average molecular weight is 206 g/mol. The second kappa shape index (κ2) is 3.99. The molecule has 0 spiro atoms. The molecule has 0 bridgehead atoms. The van der Waals surface area contributed by atoms with Gasteiger partial charge in [-0.1, -0.05) is 0 Å². The van der Waals surface area contributed by atoms with E-state index in [0.29, 0.717) is 0 Å². The minimum Gasteiger partial charge on any atom is -0.468 e. The Labute approximate surface area is 90.7 Å². The van der Waals surface area contributed by atoms with Crippen LogP contribution in [0.1, 0.15) is 18.6 Å². The fourth-order valence-corrected chi connectivity index (χ4v) is 2.82. The molecular formula is C12H18N2O. The summed E-state index contributed by atoms with van der Waals surface area (Å²) >= 11 is 0. The van der Waals surface area contributed by atoms with Gasteiger partial charge in [-0.2, -0.15) is 0 Å². The first kappa shape index (κ1) is 9.43. The van der Waals surface area contributed by atoms with Crippen molar-refractivity contribution in [1.82, 2.24) is 9.80 Å². The maximum absolute atomic E-state index is 5.39. The van der Waals surface area contributed by atoms with Crippen molar-refractivity contribution in [3.63, 3.8) is 0 Å². The van der Waals surface area contributed by atoms with E-state index in [-0.39, 0.29) is 0 Å². The van der Waals surface area contributed by atoms with Crippen LogP contribution in [0.2, 0.25) is 0 Å². The molecule has 2 aliphatic rings. The summed E-state index contributed by atoms with van der Waals surface area (Å²) in [7, 11) is 0. The third-order valence-electron chi connectivity index (χ3n) is 3.63. The van der Waals surface area contributed by atoms with E-state index in [4.69, 9.17) is 4.42 Å². The Bertz CT molecular complexity index is 309. The van der Waals surface area contributed by atoms with Crippen LogP contribution in [0, 0.1) is 0 Å². The summed E-state index contributed by atoms with van der Waals surface area (Å²) < 4.78 is 5.39. The summed E-state index contributed by atoms with van der Waals surface area (Å²) in [6.45, 7) is 5.96. The Morgan fingerprint density at radius 1 is 1.33 bits per heavy atom. The van der Waals surface area contributed by atoms with Gasteiger partial charge in [0.05, 0.1) is 12.8 Å². The summed E-state index contributed by atoms with van der Waals surface area (Å²) in [5.74, 6) is 1.10. The number of hydrogen-bond acceptors (Lipinski definition) is 3. The molecule has 15 heavy (non-hydrogen) atoms. The van der Waals surface area contributed by atoms with Crippen molar-refractivity contribution in [3.8, 4) is 0 Å². The Hall–Kier alpha value is -0.800. The maximum atomic E-state index is 5.39. The minimum atomic E-state index is 0.814. The van der Waals surface area contributed by atoms with Crippen LogP contribution in [0.4, 0.5) is 0 Å². The standard InChI is InChI=1S/C12H18N2O/c1-3-11-9-13(6-7-14(11)5-1)10-12-4-2-8-15-12/h2,4,8,11H,1,3,5-7,9-10H2. The van der Waals surface area contributed by atoms with Crippen LogP contribution in [-0.4, -0.2) is 42.0 Å². The van der Waals surface area contributed by atoms with Crippen molar-refractivity contribution in [3.05, 3.63) is 24.2 Å². The molecule has 2 saturated heterocycles. The normalized spacial score (nSPS) is 28.1. The molecule has 0 amide bonds. The van der Waals surface area contributed by atoms with Gasteiger partial charge >= 0.3 is 0 Å². The van der Waals surface area contributed by atoms with Crippen molar-refractivity contribution in [1.29, 1.82) is 0 Å². The Balaban J connectivity index is 1.59. The van der Waals surface area contributed by atoms with Gasteiger partial charge in [-0.05, 0) is 31.5 Å². The van der Waals surface area contributed by atoms with Crippen molar-refractivity contribution in [2.75, 3.05) is 26.2 Å². The van der Waals surface area contributed by atoms with Gasteiger partial charge in [-0.15, -0.1) is 0 Å². The molecule has 82 valence electrons. The van der Waals surface area contributed by atoms with E-state index in [1.807, 2.05) is 6.07 Å². The zero-order chi connectivity index (χ0) is 10.1. The molecule has 3 nitrogen and oxygen atoms in total. The fraction of sp³-hybridized carbons (Fsp3) is 0.667. The predicted molar refractivity (Wildman–Crippen MR) is 58.6 cm³/mol. The van der Waals surface area contributed by atoms with E-state index in [1.54, 1.807) is 6.26 Å². The van der Waals surface area contributed by atoms with Gasteiger partial charge in [0.1, 0.15) is 5.76 Å². The SMILES string of the molecule is c1coc(CN2CCN3CCCC3C2)c1. The van der Waals surface area contributed by atoms with Gasteiger partial charge in [0.25, 0.3) is 0 Å². The van der Waals surface area contributed by atoms with Crippen LogP contribution in [0.15, 0.2) is 22.8 Å². The molecule has 0 saturated carbocycles. The molecule has 1 aromatic heterocycles. The molecule has 0 radical (unpaired) electrons. The van der Waals surface area contributed by atoms with Crippen LogP contribution in [0.25, 0.3) is 0 Å². The lowest BCUT2D eigenvalue weighted by molar-refractivity contribution is 0.0941. The molecule has 3 rings (SSSR count). The third-order valence-corrected chi connectivity index (χ3v) is 3.63. The monoisotopic (exact) mass is 206 g/mol. The van der Waals surface area contributed by atoms with Crippen molar-refractivity contribution >= 4 is 0 Å². The third kappa shape index (κ3) is 1.94. The number of hydrogen-bond donors (Lipinski definition) is 0. The first-order valence-corrected chi connectivity index (χ1v) is 5.90. The van der Waals surface area contributed by atoms with Crippen LogP contribution >= 0.6 is 0 Å². The van der Waals surface area contributed by atoms with Gasteiger partial charge in [0.15, 0.2) is 0 Å². The van der Waals surface area contributed by atoms with Crippen molar-refractivity contribution in [2.24, 2.45) is 0 Å². The molecule has 2 aliphatic heterocycles. The van der Waals surface area contributed by atoms with Gasteiger partial charge in [-0.3, -0.25) is 9.80 Å². The van der Waals surface area contributed by atoms with E-state index < -0.39 is 0 Å². The largest absolute Gasteiger partial charge is 0.468 e. The summed E-state index contributed by atoms with van der Waals surface area (Å²) in [5.41, 5.74) is 0. The number of nitrogens with zero attached hydrogens (tertiary/aromatic N) is 2. The highest BCUT2D eigenvalue weighted by Gasteiger charge is 2.30. The highest BCUT2D eigenvalue weighted by atomic mass is 16.3. The second-order valence-electron chi connectivity index (χ2n) is 4.65. The lowest BCUT2D eigenvalue weighted by atomic mass is 10.1. The fourth-order valence-electron chi connectivity index (χ4n) is 2.82. The Morgan fingerprint density at radius 3 is 3.20 bits per heavy atom. The van der Waals surface area contributed by atoms with E-state index in [9.17, 15) is 0 Å². The van der Waals surface area contributed by atoms with Crippen LogP contribution in [0.5, 0.6) is 0 Å². The van der Waals surface area contributed by atoms with Crippen molar-refractivity contribution in [2.45, 2.75) is 25.4 Å². The van der Waals surface area contributed by atoms with E-state index in [2.05, 4.69) is 15.9 Å². The minimum absolute atomic E-state index is 0.814. The highest BCUT2D eigenvalue weighted by molar-refractivity contribution is 4.99. The molecule has 3 heterocycles. The van der Waals surface area contributed by atoms with Gasteiger partial charge < -0.3 is 4.42 Å². The number of rotatable bonds is 2. The van der Waals surface area contributed by atoms with Crippen LogP contribution < -0.4 is 0 Å². The van der Waals surface area contributed by atoms with E-state index >= 15 is 0 Å². The molecule has 0 N–H and O–H groups in total. The molecular weight excluding hydrogens is 188 g/mol. The second-order valence-corrected chi connectivity index (χ2v) is 4.65. The predicted octanol–water partition coefficient (Wildman–Crippen LogP) is 1.56. The van der Waals surface area contributed by atoms with Gasteiger partial charge in [0, 0.05) is 25.7 Å². The molecule has 1 unspecified atom stereocenters. The zero-order valence-corrected chi connectivity index (χ0v) is 9.06. The summed E-state index contributed by atoms with van der Waals surface area (Å²) in [6, 6.07) is 4.86. The molecule has 1 aromatic rings. The van der Waals surface area contributed by atoms with E-state index in [1.165, 1.54) is 39.0 Å². The zero-order valence-electron chi connectivity index (χ0n) is 9.06. The maximum Gasteiger partial charge on any atom is 0.117 e. The first-order valence-electron chi connectivity index (χ1n) is 5.90. The van der Waals surface area contributed by atoms with Crippen molar-refractivity contribution < 1.29 is 4.42 Å². The smallest absolute Gasteiger partial charge is 0.117 e. The molecule has 0 aromatic carbocycles. The van der Waals surface area contributed by atoms with Gasteiger partial charge in [-0.25, -0.2) is 0 Å². The lowest BCUT2D eigenvalue weighted by Crippen LogP contribution is -2.49. The Kier molecular flexibility index (Phi) is 2.51. The average Bonchev–Trinajstić information content (AvgIpc) is 2.87. The quantitative estimate of drug-likeness (QED) is 0.732. The molecule has 3 heteroatoms. The Morgan fingerprint density at radius 2 is 2.33 bits per heavy atom. The molecule has 2 fully saturated rings. The lowest BCUT2D eigenvalue weighted by Gasteiger charge is -2.37. The van der Waals surface area contributed by atoms with Crippen LogP contribution in [0.3, 0.4) is 0 Å².